The van der Waals surface area contributed by atoms with Gasteiger partial charge in [0.15, 0.2) is 0 Å². The molecule has 6 heteroatoms. The summed E-state index contributed by atoms with van der Waals surface area (Å²) in [5, 5.41) is 0. The molecule has 3 heterocycles. The van der Waals surface area contributed by atoms with E-state index in [0.29, 0.717) is 13.0 Å². The van der Waals surface area contributed by atoms with Gasteiger partial charge in [0.1, 0.15) is 0 Å². The lowest BCUT2D eigenvalue weighted by molar-refractivity contribution is -0.119. The van der Waals surface area contributed by atoms with E-state index >= 15 is 0 Å². The fraction of sp³-hybridized carbons (Fsp3) is 0.529. The van der Waals surface area contributed by atoms with Gasteiger partial charge in [-0.3, -0.25) is 9.69 Å². The second-order valence-corrected chi connectivity index (χ2v) is 6.63. The van der Waals surface area contributed by atoms with Gasteiger partial charge in [-0.25, -0.2) is 4.79 Å². The maximum atomic E-state index is 12.5. The SMILES string of the molecule is N[C@@H]1CCN2C(=O)N(c3ccc(N4CCCCC4=O)cc3)C[C@H]12. The van der Waals surface area contributed by atoms with Gasteiger partial charge in [0.05, 0.1) is 6.04 Å². The van der Waals surface area contributed by atoms with Crippen molar-refractivity contribution < 1.29 is 9.59 Å². The van der Waals surface area contributed by atoms with E-state index in [1.807, 2.05) is 34.1 Å². The van der Waals surface area contributed by atoms with Crippen LogP contribution in [0.5, 0.6) is 0 Å². The Morgan fingerprint density at radius 3 is 2.30 bits per heavy atom. The third-order valence-corrected chi connectivity index (χ3v) is 5.24. The monoisotopic (exact) mass is 314 g/mol. The molecule has 3 amide bonds. The van der Waals surface area contributed by atoms with Crippen LogP contribution in [-0.4, -0.2) is 48.6 Å². The topological polar surface area (TPSA) is 69.9 Å². The molecule has 0 bridgehead atoms. The zero-order valence-electron chi connectivity index (χ0n) is 13.1. The van der Waals surface area contributed by atoms with Crippen molar-refractivity contribution in [3.8, 4) is 0 Å². The Morgan fingerprint density at radius 1 is 0.957 bits per heavy atom. The zero-order chi connectivity index (χ0) is 16.0. The predicted octanol–water partition coefficient (Wildman–Crippen LogP) is 1.55. The predicted molar refractivity (Wildman–Crippen MR) is 88.5 cm³/mol. The molecule has 0 aliphatic carbocycles. The molecule has 2 N–H and O–H groups in total. The molecule has 1 aromatic rings. The smallest absolute Gasteiger partial charge is 0.324 e. The first kappa shape index (κ1) is 14.5. The lowest BCUT2D eigenvalue weighted by atomic mass is 10.1. The van der Waals surface area contributed by atoms with Gasteiger partial charge in [-0.15, -0.1) is 0 Å². The van der Waals surface area contributed by atoms with Crippen molar-refractivity contribution >= 4 is 23.3 Å². The van der Waals surface area contributed by atoms with Crippen LogP contribution < -0.4 is 15.5 Å². The highest BCUT2D eigenvalue weighted by atomic mass is 16.2. The second kappa shape index (κ2) is 5.53. The van der Waals surface area contributed by atoms with E-state index in [0.717, 1.165) is 43.7 Å². The van der Waals surface area contributed by atoms with Crippen LogP contribution in [0.1, 0.15) is 25.7 Å². The van der Waals surface area contributed by atoms with Crippen LogP contribution in [0.15, 0.2) is 24.3 Å². The Kier molecular flexibility index (Phi) is 3.49. The number of nitrogens with zero attached hydrogens (tertiary/aromatic N) is 3. The van der Waals surface area contributed by atoms with E-state index in [2.05, 4.69) is 0 Å². The molecule has 0 unspecified atom stereocenters. The Labute approximate surface area is 135 Å². The van der Waals surface area contributed by atoms with Crippen LogP contribution in [-0.2, 0) is 4.79 Å². The molecule has 2 atom stereocenters. The number of carbonyl (C=O) groups excluding carboxylic acids is 2. The van der Waals surface area contributed by atoms with Crippen LogP contribution >= 0.6 is 0 Å². The number of anilines is 2. The summed E-state index contributed by atoms with van der Waals surface area (Å²) >= 11 is 0. The Bertz CT molecular complexity index is 630. The lowest BCUT2D eigenvalue weighted by Gasteiger charge is -2.27. The molecular formula is C17H22N4O2. The summed E-state index contributed by atoms with van der Waals surface area (Å²) in [7, 11) is 0. The fourth-order valence-electron chi connectivity index (χ4n) is 3.88. The molecule has 0 saturated carbocycles. The third-order valence-electron chi connectivity index (χ3n) is 5.24. The molecule has 4 rings (SSSR count). The van der Waals surface area contributed by atoms with Gasteiger partial charge in [0, 0.05) is 43.5 Å². The van der Waals surface area contributed by atoms with Gasteiger partial charge < -0.3 is 15.5 Å². The van der Waals surface area contributed by atoms with Gasteiger partial charge in [0.25, 0.3) is 0 Å². The molecular weight excluding hydrogens is 292 g/mol. The normalized spacial score (nSPS) is 27.8. The quantitative estimate of drug-likeness (QED) is 0.900. The average Bonchev–Trinajstić information content (AvgIpc) is 3.09. The molecule has 0 aromatic heterocycles. The van der Waals surface area contributed by atoms with Crippen molar-refractivity contribution in [2.24, 2.45) is 5.73 Å². The minimum absolute atomic E-state index is 0.0461. The molecule has 3 saturated heterocycles. The first-order chi connectivity index (χ1) is 11.1. The largest absolute Gasteiger partial charge is 0.326 e. The number of rotatable bonds is 2. The first-order valence-electron chi connectivity index (χ1n) is 8.39. The van der Waals surface area contributed by atoms with Crippen LogP contribution in [0.4, 0.5) is 16.2 Å². The minimum Gasteiger partial charge on any atom is -0.326 e. The molecule has 0 radical (unpaired) electrons. The molecule has 3 aliphatic heterocycles. The van der Waals surface area contributed by atoms with Gasteiger partial charge >= 0.3 is 6.03 Å². The highest BCUT2D eigenvalue weighted by molar-refractivity contribution is 5.96. The van der Waals surface area contributed by atoms with Crippen molar-refractivity contribution in [2.75, 3.05) is 29.4 Å². The summed E-state index contributed by atoms with van der Waals surface area (Å²) < 4.78 is 0. The van der Waals surface area contributed by atoms with Crippen molar-refractivity contribution in [1.29, 1.82) is 0 Å². The van der Waals surface area contributed by atoms with Crippen molar-refractivity contribution in [1.82, 2.24) is 4.90 Å². The van der Waals surface area contributed by atoms with Crippen molar-refractivity contribution in [3.63, 3.8) is 0 Å². The first-order valence-corrected chi connectivity index (χ1v) is 8.39. The van der Waals surface area contributed by atoms with E-state index in [1.165, 1.54) is 0 Å². The number of hydrogen-bond acceptors (Lipinski definition) is 3. The Morgan fingerprint density at radius 2 is 1.65 bits per heavy atom. The highest BCUT2D eigenvalue weighted by Crippen LogP contribution is 2.31. The van der Waals surface area contributed by atoms with Crippen LogP contribution in [0, 0.1) is 0 Å². The maximum absolute atomic E-state index is 12.5. The lowest BCUT2D eigenvalue weighted by Crippen LogP contribution is -2.37. The van der Waals surface area contributed by atoms with E-state index in [9.17, 15) is 9.59 Å². The van der Waals surface area contributed by atoms with Gasteiger partial charge in [-0.05, 0) is 43.5 Å². The molecule has 3 fully saturated rings. The van der Waals surface area contributed by atoms with Crippen LogP contribution in [0.3, 0.4) is 0 Å². The Balaban J connectivity index is 1.52. The van der Waals surface area contributed by atoms with Crippen molar-refractivity contribution in [2.45, 2.75) is 37.8 Å². The van der Waals surface area contributed by atoms with Gasteiger partial charge in [0.2, 0.25) is 5.91 Å². The van der Waals surface area contributed by atoms with Crippen LogP contribution in [0.25, 0.3) is 0 Å². The standard InChI is InChI=1S/C17H22N4O2/c18-14-8-10-20-15(14)11-21(17(20)23)13-6-4-12(5-7-13)19-9-2-1-3-16(19)22/h4-7,14-15H,1-3,8-11,18H2/t14-,15-/m1/s1. The number of nitrogens with two attached hydrogens (primary N) is 1. The van der Waals surface area contributed by atoms with E-state index in [1.54, 1.807) is 4.90 Å². The Hall–Kier alpha value is -2.08. The van der Waals surface area contributed by atoms with E-state index < -0.39 is 0 Å². The summed E-state index contributed by atoms with van der Waals surface area (Å²) in [5.41, 5.74) is 7.89. The summed E-state index contributed by atoms with van der Waals surface area (Å²) in [6.45, 7) is 2.19. The average molecular weight is 314 g/mol. The summed E-state index contributed by atoms with van der Waals surface area (Å²) in [6.07, 6.45) is 3.54. The molecule has 3 aliphatic rings. The fourth-order valence-corrected chi connectivity index (χ4v) is 3.88. The molecule has 1 aromatic carbocycles. The number of carbonyl (C=O) groups is 2. The third kappa shape index (κ3) is 2.37. The van der Waals surface area contributed by atoms with Crippen molar-refractivity contribution in [3.05, 3.63) is 24.3 Å². The highest BCUT2D eigenvalue weighted by Gasteiger charge is 2.44. The van der Waals surface area contributed by atoms with Crippen LogP contribution in [0.2, 0.25) is 0 Å². The van der Waals surface area contributed by atoms with E-state index in [4.69, 9.17) is 5.73 Å². The minimum atomic E-state index is 0.0461. The number of benzene rings is 1. The van der Waals surface area contributed by atoms with Gasteiger partial charge in [-0.2, -0.15) is 0 Å². The molecule has 122 valence electrons. The van der Waals surface area contributed by atoms with Gasteiger partial charge in [-0.1, -0.05) is 0 Å². The number of fused-ring (bicyclic) bond motifs is 1. The summed E-state index contributed by atoms with van der Waals surface area (Å²) in [4.78, 5) is 30.0. The number of hydrogen-bond donors (Lipinski definition) is 1. The summed E-state index contributed by atoms with van der Waals surface area (Å²) in [5.74, 6) is 0.188. The molecule has 23 heavy (non-hydrogen) atoms. The van der Waals surface area contributed by atoms with E-state index in [-0.39, 0.29) is 24.0 Å². The molecule has 6 nitrogen and oxygen atoms in total. The zero-order valence-corrected chi connectivity index (χ0v) is 13.1. The summed E-state index contributed by atoms with van der Waals surface area (Å²) in [6, 6.07) is 8.00. The number of piperidine rings is 1. The molecule has 0 spiro atoms. The number of amides is 3. The maximum Gasteiger partial charge on any atom is 0.324 e. The second-order valence-electron chi connectivity index (χ2n) is 6.63. The number of urea groups is 1.